The first kappa shape index (κ1) is 22.4. The highest BCUT2D eigenvalue weighted by Gasteiger charge is 2.23. The van der Waals surface area contributed by atoms with E-state index in [-0.39, 0.29) is 0 Å². The summed E-state index contributed by atoms with van der Waals surface area (Å²) in [6, 6.07) is 4.69. The molecule has 170 valence electrons. The van der Waals surface area contributed by atoms with E-state index in [9.17, 15) is 0 Å². The van der Waals surface area contributed by atoms with Gasteiger partial charge in [-0.2, -0.15) is 4.98 Å². The van der Waals surface area contributed by atoms with E-state index < -0.39 is 0 Å². The molecule has 2 aromatic heterocycles. The number of rotatable bonds is 7. The van der Waals surface area contributed by atoms with Gasteiger partial charge in [-0.25, -0.2) is 9.97 Å². The monoisotopic (exact) mass is 454 g/mol. The van der Waals surface area contributed by atoms with Crippen LogP contribution in [-0.2, 0) is 0 Å². The quantitative estimate of drug-likeness (QED) is 0.490. The van der Waals surface area contributed by atoms with Gasteiger partial charge in [0.05, 0.1) is 19.1 Å². The van der Waals surface area contributed by atoms with Gasteiger partial charge in [0.1, 0.15) is 10.8 Å². The summed E-state index contributed by atoms with van der Waals surface area (Å²) in [4.78, 5) is 15.7. The summed E-state index contributed by atoms with van der Waals surface area (Å²) in [5, 5.41) is 3.94. The van der Waals surface area contributed by atoms with Crippen molar-refractivity contribution in [3.05, 3.63) is 53.2 Å². The maximum atomic E-state index is 6.47. The fraction of sp³-hybridized carbons (Fsp3) is 0.458. The number of hydrogen-bond donors (Lipinski definition) is 1. The third kappa shape index (κ3) is 4.83. The van der Waals surface area contributed by atoms with E-state index in [1.54, 1.807) is 6.20 Å². The molecule has 32 heavy (non-hydrogen) atoms. The Morgan fingerprint density at radius 1 is 1.25 bits per heavy atom. The van der Waals surface area contributed by atoms with Gasteiger partial charge in [-0.3, -0.25) is 0 Å². The summed E-state index contributed by atoms with van der Waals surface area (Å²) < 4.78 is 8.04. The van der Waals surface area contributed by atoms with Crippen LogP contribution in [-0.4, -0.2) is 39.2 Å². The number of piperidine rings is 1. The van der Waals surface area contributed by atoms with Crippen molar-refractivity contribution in [2.24, 2.45) is 0 Å². The van der Waals surface area contributed by atoms with Crippen molar-refractivity contribution in [3.63, 3.8) is 0 Å². The molecule has 0 radical (unpaired) electrons. The smallest absolute Gasteiger partial charge is 0.227 e. The first-order valence-corrected chi connectivity index (χ1v) is 11.6. The molecule has 8 heteroatoms. The number of anilines is 3. The number of halogens is 1. The Kier molecular flexibility index (Phi) is 6.84. The van der Waals surface area contributed by atoms with Crippen LogP contribution >= 0.6 is 11.6 Å². The SMILES string of the molecule is CCOc1cc(C)c(Nc2nc(N3CCC(n4ccnc4)CC3)ncc2Cl)cc1C(C)C. The summed E-state index contributed by atoms with van der Waals surface area (Å²) in [5.41, 5.74) is 3.21. The van der Waals surface area contributed by atoms with Gasteiger partial charge in [0.25, 0.3) is 0 Å². The third-order valence-corrected chi connectivity index (χ3v) is 6.23. The first-order valence-electron chi connectivity index (χ1n) is 11.3. The van der Waals surface area contributed by atoms with Crippen LogP contribution in [0.25, 0.3) is 0 Å². The van der Waals surface area contributed by atoms with Crippen molar-refractivity contribution in [1.29, 1.82) is 0 Å². The van der Waals surface area contributed by atoms with E-state index in [1.807, 2.05) is 25.6 Å². The molecule has 0 aliphatic carbocycles. The Morgan fingerprint density at radius 3 is 2.69 bits per heavy atom. The normalized spacial score (nSPS) is 14.8. The second kappa shape index (κ2) is 9.77. The maximum absolute atomic E-state index is 6.47. The zero-order valence-electron chi connectivity index (χ0n) is 19.2. The molecule has 1 aromatic carbocycles. The Hall–Kier alpha value is -2.80. The zero-order valence-corrected chi connectivity index (χ0v) is 19.9. The summed E-state index contributed by atoms with van der Waals surface area (Å²) in [6.45, 7) is 10.8. The lowest BCUT2D eigenvalue weighted by Gasteiger charge is -2.32. The molecular formula is C24H31ClN6O. The minimum Gasteiger partial charge on any atom is -0.494 e. The summed E-state index contributed by atoms with van der Waals surface area (Å²) in [7, 11) is 0. The van der Waals surface area contributed by atoms with Gasteiger partial charge in [0.2, 0.25) is 5.95 Å². The summed E-state index contributed by atoms with van der Waals surface area (Å²) >= 11 is 6.47. The Morgan fingerprint density at radius 2 is 2.03 bits per heavy atom. The fourth-order valence-electron chi connectivity index (χ4n) is 4.14. The number of aromatic nitrogens is 4. The highest BCUT2D eigenvalue weighted by molar-refractivity contribution is 6.32. The highest BCUT2D eigenvalue weighted by atomic mass is 35.5. The van der Waals surface area contributed by atoms with Crippen LogP contribution in [0.4, 0.5) is 17.5 Å². The summed E-state index contributed by atoms with van der Waals surface area (Å²) in [6.07, 6.45) is 9.50. The fourth-order valence-corrected chi connectivity index (χ4v) is 4.28. The largest absolute Gasteiger partial charge is 0.494 e. The van der Waals surface area contributed by atoms with E-state index >= 15 is 0 Å². The average molecular weight is 455 g/mol. The van der Waals surface area contributed by atoms with Crippen molar-refractivity contribution in [1.82, 2.24) is 19.5 Å². The first-order chi connectivity index (χ1) is 15.5. The van der Waals surface area contributed by atoms with Crippen LogP contribution < -0.4 is 15.0 Å². The third-order valence-electron chi connectivity index (χ3n) is 5.96. The minimum atomic E-state index is 0.339. The number of ether oxygens (including phenoxy) is 1. The lowest BCUT2D eigenvalue weighted by Crippen LogP contribution is -2.35. The molecule has 7 nitrogen and oxygen atoms in total. The molecule has 0 unspecified atom stereocenters. The van der Waals surface area contributed by atoms with Crippen LogP contribution in [0.15, 0.2) is 37.1 Å². The topological polar surface area (TPSA) is 68.1 Å². The van der Waals surface area contributed by atoms with E-state index in [1.165, 1.54) is 0 Å². The number of aryl methyl sites for hydroxylation is 1. The van der Waals surface area contributed by atoms with Gasteiger partial charge in [-0.05, 0) is 55.9 Å². The van der Waals surface area contributed by atoms with Crippen LogP contribution in [0.2, 0.25) is 5.02 Å². The average Bonchev–Trinajstić information content (AvgIpc) is 3.32. The molecule has 4 rings (SSSR count). The molecule has 1 fully saturated rings. The minimum absolute atomic E-state index is 0.339. The van der Waals surface area contributed by atoms with E-state index in [0.717, 1.165) is 48.5 Å². The molecule has 0 amide bonds. The predicted molar refractivity (Wildman–Crippen MR) is 129 cm³/mol. The Labute approximate surface area is 194 Å². The van der Waals surface area contributed by atoms with Crippen molar-refractivity contribution in [3.8, 4) is 5.75 Å². The van der Waals surface area contributed by atoms with Gasteiger partial charge in [-0.15, -0.1) is 0 Å². The number of hydrogen-bond acceptors (Lipinski definition) is 6. The molecule has 3 heterocycles. The van der Waals surface area contributed by atoms with E-state index in [2.05, 4.69) is 57.7 Å². The molecule has 0 saturated carbocycles. The van der Waals surface area contributed by atoms with E-state index in [0.29, 0.717) is 35.4 Å². The van der Waals surface area contributed by atoms with Crippen molar-refractivity contribution >= 4 is 29.1 Å². The van der Waals surface area contributed by atoms with Crippen molar-refractivity contribution in [2.75, 3.05) is 29.9 Å². The lowest BCUT2D eigenvalue weighted by molar-refractivity contribution is 0.335. The maximum Gasteiger partial charge on any atom is 0.227 e. The zero-order chi connectivity index (χ0) is 22.7. The van der Waals surface area contributed by atoms with Crippen LogP contribution in [0.5, 0.6) is 5.75 Å². The van der Waals surface area contributed by atoms with Gasteiger partial charge < -0.3 is 19.5 Å². The van der Waals surface area contributed by atoms with Gasteiger partial charge in [0.15, 0.2) is 5.82 Å². The molecule has 1 aliphatic rings. The standard InChI is InChI=1S/C24H31ClN6O/c1-5-32-22-12-17(4)21(13-19(22)16(2)3)28-23-20(25)14-27-24(29-23)30-9-6-18(7-10-30)31-11-8-26-15-31/h8,11-16,18H,5-7,9-10H2,1-4H3,(H,27,28,29). The summed E-state index contributed by atoms with van der Waals surface area (Å²) in [5.74, 6) is 2.59. The van der Waals surface area contributed by atoms with Gasteiger partial charge >= 0.3 is 0 Å². The number of nitrogens with zero attached hydrogens (tertiary/aromatic N) is 5. The molecular weight excluding hydrogens is 424 g/mol. The van der Waals surface area contributed by atoms with Gasteiger partial charge in [0, 0.05) is 37.2 Å². The lowest BCUT2D eigenvalue weighted by atomic mass is 9.99. The molecule has 0 atom stereocenters. The van der Waals surface area contributed by atoms with E-state index in [4.69, 9.17) is 21.3 Å². The Balaban J connectivity index is 1.53. The van der Waals surface area contributed by atoms with Crippen LogP contribution in [0, 0.1) is 6.92 Å². The number of benzene rings is 1. The molecule has 1 aliphatic heterocycles. The predicted octanol–water partition coefficient (Wildman–Crippen LogP) is 5.74. The van der Waals surface area contributed by atoms with Gasteiger partial charge in [-0.1, -0.05) is 25.4 Å². The Bertz CT molecular complexity index is 1040. The second-order valence-corrected chi connectivity index (χ2v) is 8.92. The molecule has 0 spiro atoms. The van der Waals surface area contributed by atoms with Crippen LogP contribution in [0.1, 0.15) is 56.7 Å². The molecule has 0 bridgehead atoms. The van der Waals surface area contributed by atoms with Crippen molar-refractivity contribution < 1.29 is 4.74 Å². The molecule has 3 aromatic rings. The molecule has 1 N–H and O–H groups in total. The number of imidazole rings is 1. The second-order valence-electron chi connectivity index (χ2n) is 8.51. The molecule has 1 saturated heterocycles. The highest BCUT2D eigenvalue weighted by Crippen LogP contribution is 2.35. The van der Waals surface area contributed by atoms with Crippen LogP contribution in [0.3, 0.4) is 0 Å². The van der Waals surface area contributed by atoms with Crippen molar-refractivity contribution in [2.45, 2.75) is 52.5 Å². The number of nitrogens with one attached hydrogen (secondary N) is 1.